The Bertz CT molecular complexity index is 240. The van der Waals surface area contributed by atoms with Gasteiger partial charge in [0.2, 0.25) is 0 Å². The normalized spacial score (nSPS) is 17.0. The van der Waals surface area contributed by atoms with Crippen molar-refractivity contribution in [1.82, 2.24) is 4.90 Å². The molecule has 0 heterocycles. The van der Waals surface area contributed by atoms with Gasteiger partial charge in [0, 0.05) is 12.6 Å². The van der Waals surface area contributed by atoms with Crippen LogP contribution in [0.25, 0.3) is 0 Å². The van der Waals surface area contributed by atoms with Crippen LogP contribution < -0.4 is 5.73 Å². The average Bonchev–Trinajstić information content (AvgIpc) is 2.23. The molecule has 0 radical (unpaired) electrons. The number of methoxy groups -OCH3 is 1. The summed E-state index contributed by atoms with van der Waals surface area (Å²) in [5, 5.41) is 0. The summed E-state index contributed by atoms with van der Waals surface area (Å²) in [7, 11) is 1.38. The molecule has 0 amide bonds. The Morgan fingerprint density at radius 2 is 1.94 bits per heavy atom. The third-order valence-corrected chi connectivity index (χ3v) is 3.00. The first-order valence-corrected chi connectivity index (χ1v) is 6.36. The summed E-state index contributed by atoms with van der Waals surface area (Å²) >= 11 is 0. The monoisotopic (exact) mass is 244 g/mol. The first-order chi connectivity index (χ1) is 7.74. The smallest absolute Gasteiger partial charge is 0.325 e. The van der Waals surface area contributed by atoms with Crippen LogP contribution in [0, 0.1) is 5.92 Å². The first-order valence-electron chi connectivity index (χ1n) is 6.36. The number of esters is 1. The Kier molecular flexibility index (Phi) is 6.72. The van der Waals surface area contributed by atoms with Crippen molar-refractivity contribution in [2.75, 3.05) is 20.2 Å². The molecule has 0 aliphatic heterocycles. The van der Waals surface area contributed by atoms with Gasteiger partial charge in [0.05, 0.1) is 7.11 Å². The van der Waals surface area contributed by atoms with Gasteiger partial charge >= 0.3 is 5.97 Å². The van der Waals surface area contributed by atoms with Gasteiger partial charge in [-0.1, -0.05) is 20.8 Å². The van der Waals surface area contributed by atoms with Gasteiger partial charge in [0.1, 0.15) is 5.54 Å². The van der Waals surface area contributed by atoms with Gasteiger partial charge in [-0.2, -0.15) is 0 Å². The minimum absolute atomic E-state index is 0.275. The van der Waals surface area contributed by atoms with Crippen LogP contribution >= 0.6 is 0 Å². The van der Waals surface area contributed by atoms with Gasteiger partial charge in [0.25, 0.3) is 0 Å². The maximum absolute atomic E-state index is 11.5. The third kappa shape index (κ3) is 5.50. The highest BCUT2D eigenvalue weighted by molar-refractivity contribution is 5.79. The molecule has 2 atom stereocenters. The van der Waals surface area contributed by atoms with Crippen molar-refractivity contribution < 1.29 is 9.53 Å². The topological polar surface area (TPSA) is 55.6 Å². The lowest BCUT2D eigenvalue weighted by Crippen LogP contribution is -2.51. The summed E-state index contributed by atoms with van der Waals surface area (Å²) in [6, 6.07) is 0.275. The molecular weight excluding hydrogens is 216 g/mol. The highest BCUT2D eigenvalue weighted by Crippen LogP contribution is 2.16. The van der Waals surface area contributed by atoms with Crippen LogP contribution in [0.3, 0.4) is 0 Å². The summed E-state index contributed by atoms with van der Waals surface area (Å²) in [5.41, 5.74) is 5.09. The number of rotatable bonds is 7. The van der Waals surface area contributed by atoms with Crippen molar-refractivity contribution >= 4 is 5.97 Å². The Balaban J connectivity index is 4.49. The molecule has 0 aliphatic carbocycles. The Hall–Kier alpha value is -0.610. The van der Waals surface area contributed by atoms with Gasteiger partial charge in [-0.3, -0.25) is 4.79 Å². The lowest BCUT2D eigenvalue weighted by Gasteiger charge is -2.33. The van der Waals surface area contributed by atoms with Crippen LogP contribution in [0.4, 0.5) is 0 Å². The highest BCUT2D eigenvalue weighted by atomic mass is 16.5. The summed E-state index contributed by atoms with van der Waals surface area (Å²) in [6.45, 7) is 12.4. The lowest BCUT2D eigenvalue weighted by molar-refractivity contribution is -0.147. The van der Waals surface area contributed by atoms with Gasteiger partial charge in [-0.05, 0) is 32.7 Å². The van der Waals surface area contributed by atoms with Crippen LogP contribution in [0.1, 0.15) is 41.0 Å². The predicted molar refractivity (Wildman–Crippen MR) is 70.8 cm³/mol. The second-order valence-electron chi connectivity index (χ2n) is 5.44. The van der Waals surface area contributed by atoms with Gasteiger partial charge in [-0.25, -0.2) is 0 Å². The van der Waals surface area contributed by atoms with Gasteiger partial charge in [0.15, 0.2) is 0 Å². The number of nitrogens with two attached hydrogens (primary N) is 1. The molecule has 0 aliphatic rings. The van der Waals surface area contributed by atoms with Crippen LogP contribution in [0.5, 0.6) is 0 Å². The Morgan fingerprint density at radius 1 is 1.41 bits per heavy atom. The number of hydrogen-bond acceptors (Lipinski definition) is 4. The van der Waals surface area contributed by atoms with Crippen molar-refractivity contribution in [3.63, 3.8) is 0 Å². The van der Waals surface area contributed by atoms with Crippen LogP contribution in [0.15, 0.2) is 0 Å². The zero-order chi connectivity index (χ0) is 13.6. The van der Waals surface area contributed by atoms with E-state index in [4.69, 9.17) is 10.5 Å². The number of ether oxygens (including phenoxy) is 1. The molecule has 0 fully saturated rings. The molecule has 0 spiro atoms. The SMILES string of the molecule is CCN(CC(C)C)C(C)CC(C)(N)C(=O)OC. The van der Waals surface area contributed by atoms with Crippen LogP contribution in [0.2, 0.25) is 0 Å². The van der Waals surface area contributed by atoms with E-state index in [1.807, 2.05) is 0 Å². The largest absolute Gasteiger partial charge is 0.468 e. The fourth-order valence-corrected chi connectivity index (χ4v) is 2.15. The van der Waals surface area contributed by atoms with E-state index in [9.17, 15) is 4.79 Å². The van der Waals surface area contributed by atoms with Crippen molar-refractivity contribution in [3.05, 3.63) is 0 Å². The minimum Gasteiger partial charge on any atom is -0.468 e. The maximum atomic E-state index is 11.5. The molecule has 0 aromatic carbocycles. The standard InChI is InChI=1S/C13H28N2O2/c1-7-15(9-10(2)3)11(4)8-13(5,14)12(16)17-6/h10-11H,7-9,14H2,1-6H3. The molecule has 0 rings (SSSR count). The average molecular weight is 244 g/mol. The van der Waals surface area contributed by atoms with Crippen LogP contribution in [-0.4, -0.2) is 42.6 Å². The third-order valence-electron chi connectivity index (χ3n) is 3.00. The second kappa shape index (κ2) is 6.97. The molecule has 0 saturated heterocycles. The van der Waals surface area contributed by atoms with E-state index in [0.29, 0.717) is 12.3 Å². The number of nitrogens with zero attached hydrogens (tertiary/aromatic N) is 1. The molecule has 0 aromatic heterocycles. The van der Waals surface area contributed by atoms with E-state index in [1.165, 1.54) is 7.11 Å². The molecule has 17 heavy (non-hydrogen) atoms. The highest BCUT2D eigenvalue weighted by Gasteiger charge is 2.32. The van der Waals surface area contributed by atoms with Crippen molar-refractivity contribution in [2.24, 2.45) is 11.7 Å². The molecule has 2 unspecified atom stereocenters. The van der Waals surface area contributed by atoms with Crippen LogP contribution in [-0.2, 0) is 9.53 Å². The van der Waals surface area contributed by atoms with E-state index in [2.05, 4.69) is 32.6 Å². The van der Waals surface area contributed by atoms with E-state index in [1.54, 1.807) is 6.92 Å². The molecular formula is C13H28N2O2. The number of hydrogen-bond donors (Lipinski definition) is 1. The molecule has 0 bridgehead atoms. The molecule has 102 valence electrons. The van der Waals surface area contributed by atoms with Crippen molar-refractivity contribution in [1.29, 1.82) is 0 Å². The summed E-state index contributed by atoms with van der Waals surface area (Å²) in [6.07, 6.45) is 0.611. The lowest BCUT2D eigenvalue weighted by atomic mass is 9.94. The molecule has 2 N–H and O–H groups in total. The van der Waals surface area contributed by atoms with E-state index >= 15 is 0 Å². The minimum atomic E-state index is -0.904. The maximum Gasteiger partial charge on any atom is 0.325 e. The molecule has 0 saturated carbocycles. The van der Waals surface area contributed by atoms with Gasteiger partial charge < -0.3 is 15.4 Å². The molecule has 0 aromatic rings. The van der Waals surface area contributed by atoms with Gasteiger partial charge in [-0.15, -0.1) is 0 Å². The Morgan fingerprint density at radius 3 is 2.29 bits per heavy atom. The van der Waals surface area contributed by atoms with E-state index in [0.717, 1.165) is 13.1 Å². The molecule has 4 nitrogen and oxygen atoms in total. The van der Waals surface area contributed by atoms with Crippen molar-refractivity contribution in [2.45, 2.75) is 52.6 Å². The zero-order valence-electron chi connectivity index (χ0n) is 12.1. The zero-order valence-corrected chi connectivity index (χ0v) is 12.1. The van der Waals surface area contributed by atoms with E-state index in [-0.39, 0.29) is 12.0 Å². The predicted octanol–water partition coefficient (Wildman–Crippen LogP) is 1.63. The summed E-state index contributed by atoms with van der Waals surface area (Å²) in [4.78, 5) is 13.9. The number of carbonyl (C=O) groups is 1. The van der Waals surface area contributed by atoms with E-state index < -0.39 is 5.54 Å². The first kappa shape index (κ1) is 16.4. The summed E-state index contributed by atoms with van der Waals surface area (Å²) in [5.74, 6) is 0.268. The molecule has 4 heteroatoms. The fourth-order valence-electron chi connectivity index (χ4n) is 2.15. The Labute approximate surface area is 105 Å². The summed E-state index contributed by atoms with van der Waals surface area (Å²) < 4.78 is 4.73. The fraction of sp³-hybridized carbons (Fsp3) is 0.923. The quantitative estimate of drug-likeness (QED) is 0.692. The number of carbonyl (C=O) groups excluding carboxylic acids is 1. The van der Waals surface area contributed by atoms with Crippen molar-refractivity contribution in [3.8, 4) is 0 Å². The second-order valence-corrected chi connectivity index (χ2v) is 5.44.